The SMILES string of the molecule is O=C(O)CCNC(=O)N1CCNC(=O)C1c1ccccc1Br. The molecule has 1 aromatic rings. The third kappa shape index (κ3) is 3.76. The van der Waals surface area contributed by atoms with Gasteiger partial charge in [0.2, 0.25) is 5.91 Å². The second-order valence-corrected chi connectivity index (χ2v) is 5.64. The maximum Gasteiger partial charge on any atom is 0.318 e. The molecule has 0 bridgehead atoms. The van der Waals surface area contributed by atoms with Crippen molar-refractivity contribution in [2.45, 2.75) is 12.5 Å². The first-order chi connectivity index (χ1) is 10.5. The van der Waals surface area contributed by atoms with Crippen LogP contribution in [0.1, 0.15) is 18.0 Å². The van der Waals surface area contributed by atoms with Gasteiger partial charge in [0.15, 0.2) is 0 Å². The molecule has 1 heterocycles. The quantitative estimate of drug-likeness (QED) is 0.739. The molecule has 0 aromatic heterocycles. The molecule has 3 amide bonds. The monoisotopic (exact) mass is 369 g/mol. The summed E-state index contributed by atoms with van der Waals surface area (Å²) in [5.41, 5.74) is 0.688. The van der Waals surface area contributed by atoms with Crippen molar-refractivity contribution < 1.29 is 19.5 Å². The molecule has 7 nitrogen and oxygen atoms in total. The van der Waals surface area contributed by atoms with Crippen molar-refractivity contribution >= 4 is 33.8 Å². The van der Waals surface area contributed by atoms with Crippen molar-refractivity contribution in [1.82, 2.24) is 15.5 Å². The van der Waals surface area contributed by atoms with Crippen molar-refractivity contribution in [1.29, 1.82) is 0 Å². The van der Waals surface area contributed by atoms with Crippen LogP contribution in [0.2, 0.25) is 0 Å². The Kier molecular flexibility index (Phi) is 5.37. The van der Waals surface area contributed by atoms with Crippen LogP contribution in [0, 0.1) is 0 Å². The lowest BCUT2D eigenvalue weighted by molar-refractivity contribution is -0.137. The number of carboxylic acids is 1. The number of halogens is 1. The number of nitrogens with zero attached hydrogens (tertiary/aromatic N) is 1. The fraction of sp³-hybridized carbons (Fsp3) is 0.357. The minimum Gasteiger partial charge on any atom is -0.481 e. The Balaban J connectivity index is 2.17. The zero-order valence-electron chi connectivity index (χ0n) is 11.7. The fourth-order valence-electron chi connectivity index (χ4n) is 2.27. The molecular formula is C14H16BrN3O4. The molecule has 1 unspecified atom stereocenters. The van der Waals surface area contributed by atoms with E-state index < -0.39 is 18.0 Å². The topological polar surface area (TPSA) is 98.7 Å². The number of hydrogen-bond acceptors (Lipinski definition) is 3. The average molecular weight is 370 g/mol. The normalized spacial score (nSPS) is 17.8. The van der Waals surface area contributed by atoms with Gasteiger partial charge >= 0.3 is 12.0 Å². The Hall–Kier alpha value is -2.09. The van der Waals surface area contributed by atoms with Crippen LogP contribution >= 0.6 is 15.9 Å². The van der Waals surface area contributed by atoms with E-state index in [4.69, 9.17) is 5.11 Å². The van der Waals surface area contributed by atoms with Crippen LogP contribution in [0.4, 0.5) is 4.79 Å². The molecule has 3 N–H and O–H groups in total. The Morgan fingerprint density at radius 2 is 2.14 bits per heavy atom. The summed E-state index contributed by atoms with van der Waals surface area (Å²) in [4.78, 5) is 36.4. The van der Waals surface area contributed by atoms with Gasteiger partial charge in [0, 0.05) is 24.1 Å². The van der Waals surface area contributed by atoms with Crippen molar-refractivity contribution in [3.05, 3.63) is 34.3 Å². The van der Waals surface area contributed by atoms with Gasteiger partial charge in [0.05, 0.1) is 6.42 Å². The number of aliphatic carboxylic acids is 1. The lowest BCUT2D eigenvalue weighted by Gasteiger charge is -2.35. The number of benzene rings is 1. The van der Waals surface area contributed by atoms with Crippen LogP contribution in [-0.4, -0.2) is 47.5 Å². The van der Waals surface area contributed by atoms with Crippen LogP contribution in [0.25, 0.3) is 0 Å². The van der Waals surface area contributed by atoms with E-state index in [1.54, 1.807) is 18.2 Å². The van der Waals surface area contributed by atoms with Gasteiger partial charge in [-0.05, 0) is 11.6 Å². The minimum absolute atomic E-state index is 0.0228. The first kappa shape index (κ1) is 16.3. The smallest absolute Gasteiger partial charge is 0.318 e. The molecule has 0 spiro atoms. The molecule has 1 saturated heterocycles. The molecule has 118 valence electrons. The third-order valence-corrected chi connectivity index (χ3v) is 4.01. The summed E-state index contributed by atoms with van der Waals surface area (Å²) >= 11 is 3.39. The number of carboxylic acid groups (broad SMARTS) is 1. The number of nitrogens with one attached hydrogen (secondary N) is 2. The Labute approximate surface area is 135 Å². The molecule has 2 rings (SSSR count). The summed E-state index contributed by atoms with van der Waals surface area (Å²) in [6.45, 7) is 0.748. The number of rotatable bonds is 4. The molecule has 0 radical (unpaired) electrons. The molecule has 1 fully saturated rings. The fourth-order valence-corrected chi connectivity index (χ4v) is 2.77. The van der Waals surface area contributed by atoms with Crippen molar-refractivity contribution in [2.75, 3.05) is 19.6 Å². The first-order valence-electron chi connectivity index (χ1n) is 6.79. The van der Waals surface area contributed by atoms with E-state index in [1.165, 1.54) is 4.90 Å². The van der Waals surface area contributed by atoms with E-state index >= 15 is 0 Å². The summed E-state index contributed by atoms with van der Waals surface area (Å²) in [6, 6.07) is 6.01. The van der Waals surface area contributed by atoms with Gasteiger partial charge in [-0.3, -0.25) is 9.59 Å². The van der Waals surface area contributed by atoms with Gasteiger partial charge in [0.1, 0.15) is 6.04 Å². The number of carbonyl (C=O) groups excluding carboxylic acids is 2. The number of hydrogen-bond donors (Lipinski definition) is 3. The minimum atomic E-state index is -0.987. The van der Waals surface area contributed by atoms with Crippen molar-refractivity contribution in [3.8, 4) is 0 Å². The molecule has 1 atom stereocenters. The molecule has 8 heteroatoms. The van der Waals surface area contributed by atoms with Crippen LogP contribution in [0.3, 0.4) is 0 Å². The predicted octanol–water partition coefficient (Wildman–Crippen LogP) is 1.11. The molecule has 0 aliphatic carbocycles. The summed E-state index contributed by atoms with van der Waals surface area (Å²) in [5, 5.41) is 13.9. The van der Waals surface area contributed by atoms with Crippen LogP contribution in [0.15, 0.2) is 28.7 Å². The van der Waals surface area contributed by atoms with Gasteiger partial charge < -0.3 is 20.6 Å². The van der Waals surface area contributed by atoms with Gasteiger partial charge in [-0.25, -0.2) is 4.79 Å². The van der Waals surface area contributed by atoms with Gasteiger partial charge in [-0.15, -0.1) is 0 Å². The molecule has 1 aliphatic heterocycles. The standard InChI is InChI=1S/C14H16BrN3O4/c15-10-4-2-1-3-9(10)12-13(21)16-7-8-18(12)14(22)17-6-5-11(19)20/h1-4,12H,5-8H2,(H,16,21)(H,17,22)(H,19,20). The largest absolute Gasteiger partial charge is 0.481 e. The number of amides is 3. The Morgan fingerprint density at radius 3 is 2.82 bits per heavy atom. The molecule has 1 aromatic carbocycles. The van der Waals surface area contributed by atoms with E-state index in [9.17, 15) is 14.4 Å². The van der Waals surface area contributed by atoms with Crippen LogP contribution < -0.4 is 10.6 Å². The lowest BCUT2D eigenvalue weighted by Crippen LogP contribution is -2.55. The second-order valence-electron chi connectivity index (χ2n) is 4.78. The first-order valence-corrected chi connectivity index (χ1v) is 7.58. The predicted molar refractivity (Wildman–Crippen MR) is 82.3 cm³/mol. The maximum absolute atomic E-state index is 12.2. The Morgan fingerprint density at radius 1 is 1.41 bits per heavy atom. The van der Waals surface area contributed by atoms with Crippen LogP contribution in [0.5, 0.6) is 0 Å². The number of piperazine rings is 1. The molecule has 1 aliphatic rings. The maximum atomic E-state index is 12.2. The van der Waals surface area contributed by atoms with Gasteiger partial charge in [-0.2, -0.15) is 0 Å². The Bertz CT molecular complexity index is 593. The summed E-state index contributed by atoms with van der Waals surface area (Å²) in [5.74, 6) is -1.24. The summed E-state index contributed by atoms with van der Waals surface area (Å²) in [7, 11) is 0. The summed E-state index contributed by atoms with van der Waals surface area (Å²) < 4.78 is 0.736. The van der Waals surface area contributed by atoms with Crippen molar-refractivity contribution in [3.63, 3.8) is 0 Å². The van der Waals surface area contributed by atoms with E-state index in [1.807, 2.05) is 6.07 Å². The second kappa shape index (κ2) is 7.26. The molecule has 22 heavy (non-hydrogen) atoms. The third-order valence-electron chi connectivity index (χ3n) is 3.29. The van der Waals surface area contributed by atoms with E-state index in [0.717, 1.165) is 4.47 Å². The highest BCUT2D eigenvalue weighted by Crippen LogP contribution is 2.29. The molecular weight excluding hydrogens is 354 g/mol. The van der Waals surface area contributed by atoms with Gasteiger partial charge in [-0.1, -0.05) is 34.1 Å². The van der Waals surface area contributed by atoms with E-state index in [-0.39, 0.29) is 18.9 Å². The van der Waals surface area contributed by atoms with Crippen molar-refractivity contribution in [2.24, 2.45) is 0 Å². The zero-order valence-corrected chi connectivity index (χ0v) is 13.3. The zero-order chi connectivity index (χ0) is 16.1. The van der Waals surface area contributed by atoms with Crippen LogP contribution in [-0.2, 0) is 9.59 Å². The van der Waals surface area contributed by atoms with Gasteiger partial charge in [0.25, 0.3) is 0 Å². The van der Waals surface area contributed by atoms with E-state index in [2.05, 4.69) is 26.6 Å². The average Bonchev–Trinajstić information content (AvgIpc) is 2.47. The molecule has 0 saturated carbocycles. The highest BCUT2D eigenvalue weighted by atomic mass is 79.9. The number of carbonyl (C=O) groups is 3. The van der Waals surface area contributed by atoms with E-state index in [0.29, 0.717) is 18.7 Å². The highest BCUT2D eigenvalue weighted by molar-refractivity contribution is 9.10. The highest BCUT2D eigenvalue weighted by Gasteiger charge is 2.35. The number of urea groups is 1. The lowest BCUT2D eigenvalue weighted by atomic mass is 10.0. The summed E-state index contributed by atoms with van der Waals surface area (Å²) in [6.07, 6.45) is -0.161.